The van der Waals surface area contributed by atoms with E-state index in [1.807, 2.05) is 0 Å². The monoisotopic (exact) mass is 292 g/mol. The molecule has 0 radical (unpaired) electrons. The number of Topliss-reactive ketones (excluding diaryl/α,β-unsaturated/α-hetero) is 1. The molecule has 0 aliphatic carbocycles. The molecule has 1 aromatic carbocycles. The van der Waals surface area contributed by atoms with Crippen LogP contribution >= 0.6 is 0 Å². The van der Waals surface area contributed by atoms with Crippen molar-refractivity contribution in [2.45, 2.75) is 19.3 Å². The number of fused-ring (bicyclic) bond motifs is 1. The van der Waals surface area contributed by atoms with Crippen molar-refractivity contribution < 1.29 is 19.1 Å². The average molecular weight is 292 g/mol. The average Bonchev–Trinajstić information content (AvgIpc) is 2.72. The maximum Gasteiger partial charge on any atom is 0.419 e. The number of aromatic nitrogens is 1. The van der Waals surface area contributed by atoms with E-state index in [9.17, 15) is 14.4 Å². The van der Waals surface area contributed by atoms with Gasteiger partial charge in [-0.3, -0.25) is 9.36 Å². The number of carbonyl (C=O) groups excluding carboxylic acids is 1. The lowest BCUT2D eigenvalue weighted by atomic mass is 10.1. The number of hydrogen-bond donors (Lipinski definition) is 2. The lowest BCUT2D eigenvalue weighted by molar-refractivity contribution is 0.0979. The first-order valence-electron chi connectivity index (χ1n) is 6.58. The molecule has 1 heterocycles. The van der Waals surface area contributed by atoms with Gasteiger partial charge in [-0.05, 0) is 31.0 Å². The number of rotatable bonds is 6. The van der Waals surface area contributed by atoms with Crippen LogP contribution in [0.15, 0.2) is 27.4 Å². The number of benzene rings is 1. The first-order valence-corrected chi connectivity index (χ1v) is 6.58. The molecule has 2 rings (SSSR count). The molecule has 21 heavy (non-hydrogen) atoms. The van der Waals surface area contributed by atoms with Gasteiger partial charge in [-0.1, -0.05) is 0 Å². The van der Waals surface area contributed by atoms with Gasteiger partial charge in [0.25, 0.3) is 0 Å². The Bertz CT molecular complexity index is 729. The molecule has 0 aliphatic heterocycles. The maximum atomic E-state index is 12.0. The SMILES string of the molecule is Cn1c(=O)oc2cc(C(=O)CCCCNC(=O)O)ccc21. The largest absolute Gasteiger partial charge is 0.465 e. The van der Waals surface area contributed by atoms with E-state index in [1.165, 1.54) is 4.57 Å². The summed E-state index contributed by atoms with van der Waals surface area (Å²) >= 11 is 0. The highest BCUT2D eigenvalue weighted by molar-refractivity contribution is 5.98. The molecule has 1 aromatic heterocycles. The fraction of sp³-hybridized carbons (Fsp3) is 0.357. The second kappa shape index (κ2) is 6.25. The van der Waals surface area contributed by atoms with E-state index in [-0.39, 0.29) is 5.78 Å². The van der Waals surface area contributed by atoms with Crippen molar-refractivity contribution in [2.24, 2.45) is 7.05 Å². The summed E-state index contributed by atoms with van der Waals surface area (Å²) < 4.78 is 6.41. The Morgan fingerprint density at radius 2 is 2.10 bits per heavy atom. The topological polar surface area (TPSA) is 102 Å². The summed E-state index contributed by atoms with van der Waals surface area (Å²) in [6.45, 7) is 0.329. The molecular formula is C14H16N2O5. The number of nitrogens with one attached hydrogen (secondary N) is 1. The number of unbranched alkanes of at least 4 members (excludes halogenated alkanes) is 1. The molecule has 112 valence electrons. The van der Waals surface area contributed by atoms with Crippen LogP contribution in [-0.4, -0.2) is 28.1 Å². The van der Waals surface area contributed by atoms with Gasteiger partial charge in [0.15, 0.2) is 11.4 Å². The van der Waals surface area contributed by atoms with Crippen molar-refractivity contribution in [2.75, 3.05) is 6.54 Å². The lowest BCUT2D eigenvalue weighted by Gasteiger charge is -2.02. The van der Waals surface area contributed by atoms with Gasteiger partial charge in [0, 0.05) is 25.6 Å². The summed E-state index contributed by atoms with van der Waals surface area (Å²) in [6.07, 6.45) is 0.450. The summed E-state index contributed by atoms with van der Waals surface area (Å²) in [5, 5.41) is 10.7. The van der Waals surface area contributed by atoms with Crippen LogP contribution in [0.2, 0.25) is 0 Å². The Morgan fingerprint density at radius 3 is 2.81 bits per heavy atom. The van der Waals surface area contributed by atoms with E-state index < -0.39 is 11.8 Å². The minimum absolute atomic E-state index is 0.0567. The third kappa shape index (κ3) is 3.50. The van der Waals surface area contributed by atoms with E-state index in [0.717, 1.165) is 0 Å². The fourth-order valence-electron chi connectivity index (χ4n) is 2.06. The highest BCUT2D eigenvalue weighted by Crippen LogP contribution is 2.16. The Balaban J connectivity index is 1.96. The highest BCUT2D eigenvalue weighted by Gasteiger charge is 2.11. The number of aryl methyl sites for hydroxylation is 1. The Morgan fingerprint density at radius 1 is 1.33 bits per heavy atom. The maximum absolute atomic E-state index is 12.0. The number of hydrogen-bond acceptors (Lipinski definition) is 4. The highest BCUT2D eigenvalue weighted by atomic mass is 16.4. The van der Waals surface area contributed by atoms with Crippen molar-refractivity contribution in [3.8, 4) is 0 Å². The summed E-state index contributed by atoms with van der Waals surface area (Å²) in [4.78, 5) is 33.6. The van der Waals surface area contributed by atoms with Crippen LogP contribution in [0.4, 0.5) is 4.79 Å². The molecule has 7 nitrogen and oxygen atoms in total. The van der Waals surface area contributed by atoms with Gasteiger partial charge in [-0.2, -0.15) is 0 Å². The Labute approximate surface area is 120 Å². The molecule has 2 aromatic rings. The van der Waals surface area contributed by atoms with Crippen LogP contribution < -0.4 is 11.1 Å². The van der Waals surface area contributed by atoms with Crippen LogP contribution in [0.3, 0.4) is 0 Å². The fourth-order valence-corrected chi connectivity index (χ4v) is 2.06. The molecule has 0 atom stereocenters. The van der Waals surface area contributed by atoms with Crippen LogP contribution in [0, 0.1) is 0 Å². The van der Waals surface area contributed by atoms with Gasteiger partial charge in [-0.15, -0.1) is 0 Å². The molecule has 1 amide bonds. The second-order valence-electron chi connectivity index (χ2n) is 4.72. The zero-order valence-corrected chi connectivity index (χ0v) is 11.6. The van der Waals surface area contributed by atoms with Gasteiger partial charge in [-0.25, -0.2) is 9.59 Å². The van der Waals surface area contributed by atoms with Crippen LogP contribution in [0.25, 0.3) is 11.1 Å². The first-order chi connectivity index (χ1) is 9.99. The third-order valence-corrected chi connectivity index (χ3v) is 3.22. The predicted octanol–water partition coefficient (Wildman–Crippen LogP) is 1.75. The van der Waals surface area contributed by atoms with Gasteiger partial charge >= 0.3 is 11.8 Å². The minimum atomic E-state index is -1.06. The molecule has 0 spiro atoms. The van der Waals surface area contributed by atoms with Crippen LogP contribution in [-0.2, 0) is 7.05 Å². The summed E-state index contributed by atoms with van der Waals surface area (Å²) in [6, 6.07) is 4.91. The number of nitrogens with zero attached hydrogens (tertiary/aromatic N) is 1. The normalized spacial score (nSPS) is 10.7. The lowest BCUT2D eigenvalue weighted by Crippen LogP contribution is -2.21. The van der Waals surface area contributed by atoms with E-state index in [4.69, 9.17) is 9.52 Å². The van der Waals surface area contributed by atoms with Crippen molar-refractivity contribution in [3.05, 3.63) is 34.3 Å². The van der Waals surface area contributed by atoms with Crippen molar-refractivity contribution >= 4 is 23.0 Å². The molecule has 7 heteroatoms. The Hall–Kier alpha value is -2.57. The van der Waals surface area contributed by atoms with Crippen molar-refractivity contribution in [1.82, 2.24) is 9.88 Å². The van der Waals surface area contributed by atoms with Gasteiger partial charge in [0.05, 0.1) is 5.52 Å². The molecule has 2 N–H and O–H groups in total. The molecule has 0 saturated carbocycles. The molecule has 0 unspecified atom stereocenters. The quantitative estimate of drug-likeness (QED) is 0.624. The predicted molar refractivity (Wildman–Crippen MR) is 75.7 cm³/mol. The standard InChI is InChI=1S/C14H16N2O5/c1-16-10-6-5-9(8-12(10)21-14(16)20)11(17)4-2-3-7-15-13(18)19/h5-6,8,15H,2-4,7H2,1H3,(H,18,19). The van der Waals surface area contributed by atoms with Crippen LogP contribution in [0.5, 0.6) is 0 Å². The van der Waals surface area contributed by atoms with E-state index >= 15 is 0 Å². The molecule has 0 saturated heterocycles. The smallest absolute Gasteiger partial charge is 0.419 e. The molecular weight excluding hydrogens is 276 g/mol. The van der Waals surface area contributed by atoms with E-state index in [0.29, 0.717) is 42.5 Å². The van der Waals surface area contributed by atoms with Crippen molar-refractivity contribution in [3.63, 3.8) is 0 Å². The second-order valence-corrected chi connectivity index (χ2v) is 4.72. The zero-order chi connectivity index (χ0) is 15.4. The number of carboxylic acid groups (broad SMARTS) is 1. The van der Waals surface area contributed by atoms with Crippen molar-refractivity contribution in [1.29, 1.82) is 0 Å². The Kier molecular flexibility index (Phi) is 4.42. The number of ketones is 1. The van der Waals surface area contributed by atoms with E-state index in [2.05, 4.69) is 5.32 Å². The first kappa shape index (κ1) is 14.8. The van der Waals surface area contributed by atoms with Gasteiger partial charge < -0.3 is 14.8 Å². The summed E-state index contributed by atoms with van der Waals surface area (Å²) in [7, 11) is 1.60. The van der Waals surface area contributed by atoms with Gasteiger partial charge in [0.2, 0.25) is 0 Å². The molecule has 0 fully saturated rings. The summed E-state index contributed by atoms with van der Waals surface area (Å²) in [5.41, 5.74) is 1.52. The number of amides is 1. The molecule has 0 aliphatic rings. The third-order valence-electron chi connectivity index (χ3n) is 3.22. The summed E-state index contributed by atoms with van der Waals surface area (Å²) in [5.74, 6) is -0.520. The number of oxazole rings is 1. The van der Waals surface area contributed by atoms with Gasteiger partial charge in [0.1, 0.15) is 0 Å². The minimum Gasteiger partial charge on any atom is -0.465 e. The molecule has 0 bridgehead atoms. The number of carbonyl (C=O) groups is 2. The zero-order valence-electron chi connectivity index (χ0n) is 11.6. The van der Waals surface area contributed by atoms with Crippen LogP contribution in [0.1, 0.15) is 29.6 Å². The van der Waals surface area contributed by atoms with E-state index in [1.54, 1.807) is 25.2 Å².